The number of piperazine rings is 1. The third-order valence-electron chi connectivity index (χ3n) is 3.42. The van der Waals surface area contributed by atoms with Crippen LogP contribution in [0.15, 0.2) is 30.9 Å². The van der Waals surface area contributed by atoms with E-state index in [1.807, 2.05) is 4.90 Å². The van der Waals surface area contributed by atoms with E-state index in [1.54, 1.807) is 0 Å². The van der Waals surface area contributed by atoms with E-state index < -0.39 is 23.6 Å². The van der Waals surface area contributed by atoms with E-state index in [4.69, 9.17) is 0 Å². The van der Waals surface area contributed by atoms with Gasteiger partial charge in [0.2, 0.25) is 0 Å². The number of nitrogens with zero attached hydrogens (tertiary/aromatic N) is 1. The van der Waals surface area contributed by atoms with E-state index in [0.29, 0.717) is 26.2 Å². The van der Waals surface area contributed by atoms with Crippen molar-refractivity contribution in [3.63, 3.8) is 0 Å². The van der Waals surface area contributed by atoms with E-state index in [0.717, 1.165) is 6.07 Å². The monoisotopic (exact) mass is 324 g/mol. The molecule has 1 N–H and O–H groups in total. The molecule has 0 aromatic heterocycles. The first kappa shape index (κ1) is 17.9. The molecule has 0 amide bonds. The number of rotatable bonds is 3. The second kappa shape index (κ2) is 7.24. The summed E-state index contributed by atoms with van der Waals surface area (Å²) in [5, 5.41) is 3.13. The van der Waals surface area contributed by atoms with Gasteiger partial charge in [-0.25, -0.2) is 4.39 Å². The first-order valence-corrected chi connectivity index (χ1v) is 6.38. The molecule has 1 aromatic rings. The second-order valence-electron chi connectivity index (χ2n) is 4.67. The highest BCUT2D eigenvalue weighted by Gasteiger charge is 2.39. The molecule has 21 heavy (non-hydrogen) atoms. The Morgan fingerprint density at radius 1 is 1.24 bits per heavy atom. The number of nitrogens with one attached hydrogen (secondary N) is 1. The Labute approximate surface area is 127 Å². The van der Waals surface area contributed by atoms with Gasteiger partial charge in [0.25, 0.3) is 0 Å². The largest absolute Gasteiger partial charge is 0.419 e. The quantitative estimate of drug-likeness (QED) is 0.677. The van der Waals surface area contributed by atoms with Gasteiger partial charge in [-0.05, 0) is 11.6 Å². The van der Waals surface area contributed by atoms with Gasteiger partial charge in [0.05, 0.1) is 11.6 Å². The molecule has 2 nitrogen and oxygen atoms in total. The summed E-state index contributed by atoms with van der Waals surface area (Å²) in [4.78, 5) is 1.87. The van der Waals surface area contributed by atoms with Gasteiger partial charge < -0.3 is 5.32 Å². The summed E-state index contributed by atoms with van der Waals surface area (Å²) < 4.78 is 52.8. The van der Waals surface area contributed by atoms with Crippen molar-refractivity contribution in [2.24, 2.45) is 0 Å². The summed E-state index contributed by atoms with van der Waals surface area (Å²) in [5.74, 6) is -1.24. The lowest BCUT2D eigenvalue weighted by atomic mass is 9.97. The van der Waals surface area contributed by atoms with Crippen LogP contribution in [0.1, 0.15) is 17.2 Å². The fraction of sp³-hybridized carbons (Fsp3) is 0.429. The van der Waals surface area contributed by atoms with Crippen molar-refractivity contribution in [3.8, 4) is 0 Å². The maximum Gasteiger partial charge on any atom is 0.419 e. The van der Waals surface area contributed by atoms with Crippen LogP contribution in [0.25, 0.3) is 0 Å². The molecule has 1 aliphatic rings. The molecule has 0 aliphatic carbocycles. The standard InChI is InChI=1S/C14H16F4N2.ClH/c1-2-12(20-8-6-19-7-9-20)10-4-3-5-11(15)13(10)14(16,17)18;/h2-5,12,19H,1,6-9H2;1H/t12-;/m1./s1. The Morgan fingerprint density at radius 3 is 2.38 bits per heavy atom. The molecule has 0 saturated carbocycles. The Morgan fingerprint density at radius 2 is 1.86 bits per heavy atom. The van der Waals surface area contributed by atoms with Crippen LogP contribution in [0.2, 0.25) is 0 Å². The van der Waals surface area contributed by atoms with E-state index in [1.165, 1.54) is 18.2 Å². The van der Waals surface area contributed by atoms with E-state index in [2.05, 4.69) is 11.9 Å². The minimum atomic E-state index is -4.71. The fourth-order valence-corrected chi connectivity index (χ4v) is 2.52. The molecule has 1 atom stereocenters. The number of halogens is 5. The van der Waals surface area contributed by atoms with Crippen LogP contribution >= 0.6 is 12.4 Å². The lowest BCUT2D eigenvalue weighted by molar-refractivity contribution is -0.141. The van der Waals surface area contributed by atoms with Crippen LogP contribution < -0.4 is 5.32 Å². The Hall–Kier alpha value is -1.11. The molecule has 118 valence electrons. The van der Waals surface area contributed by atoms with Gasteiger partial charge in [-0.1, -0.05) is 18.2 Å². The van der Waals surface area contributed by atoms with Crippen molar-refractivity contribution in [2.45, 2.75) is 12.2 Å². The van der Waals surface area contributed by atoms with E-state index in [-0.39, 0.29) is 18.0 Å². The van der Waals surface area contributed by atoms with Gasteiger partial charge in [0, 0.05) is 26.2 Å². The maximum absolute atomic E-state index is 13.6. The summed E-state index contributed by atoms with van der Waals surface area (Å²) in [5.41, 5.74) is -1.27. The van der Waals surface area contributed by atoms with Crippen molar-refractivity contribution >= 4 is 12.4 Å². The van der Waals surface area contributed by atoms with Crippen LogP contribution in [0, 0.1) is 5.82 Å². The predicted octanol–water partition coefficient (Wildman–Crippen LogP) is 3.40. The van der Waals surface area contributed by atoms with Crippen LogP contribution in [0.5, 0.6) is 0 Å². The molecule has 0 radical (unpaired) electrons. The van der Waals surface area contributed by atoms with Crippen molar-refractivity contribution in [3.05, 3.63) is 47.8 Å². The van der Waals surface area contributed by atoms with Crippen LogP contribution in [-0.2, 0) is 6.18 Å². The zero-order valence-corrected chi connectivity index (χ0v) is 12.1. The van der Waals surface area contributed by atoms with Crippen LogP contribution in [-0.4, -0.2) is 31.1 Å². The lowest BCUT2D eigenvalue weighted by Gasteiger charge is -2.34. The molecular weight excluding hydrogens is 308 g/mol. The van der Waals surface area contributed by atoms with E-state index in [9.17, 15) is 17.6 Å². The Kier molecular flexibility index (Phi) is 6.19. The third-order valence-corrected chi connectivity index (χ3v) is 3.42. The Balaban J connectivity index is 0.00000220. The highest BCUT2D eigenvalue weighted by molar-refractivity contribution is 5.85. The fourth-order valence-electron chi connectivity index (χ4n) is 2.52. The topological polar surface area (TPSA) is 15.3 Å². The third kappa shape index (κ3) is 3.96. The van der Waals surface area contributed by atoms with Crippen LogP contribution in [0.4, 0.5) is 17.6 Å². The molecule has 0 unspecified atom stereocenters. The average Bonchev–Trinajstić information content (AvgIpc) is 2.39. The Bertz CT molecular complexity index is 484. The number of hydrogen-bond donors (Lipinski definition) is 1. The number of hydrogen-bond acceptors (Lipinski definition) is 2. The van der Waals surface area contributed by atoms with Crippen molar-refractivity contribution in [1.82, 2.24) is 10.2 Å². The van der Waals surface area contributed by atoms with Crippen LogP contribution in [0.3, 0.4) is 0 Å². The minimum absolute atomic E-state index is 0. The minimum Gasteiger partial charge on any atom is -0.314 e. The number of benzene rings is 1. The van der Waals surface area contributed by atoms with Gasteiger partial charge >= 0.3 is 6.18 Å². The van der Waals surface area contributed by atoms with E-state index >= 15 is 0 Å². The highest BCUT2D eigenvalue weighted by atomic mass is 35.5. The zero-order chi connectivity index (χ0) is 14.8. The van der Waals surface area contributed by atoms with Gasteiger partial charge in [0.15, 0.2) is 0 Å². The van der Waals surface area contributed by atoms with Crippen molar-refractivity contribution in [2.75, 3.05) is 26.2 Å². The molecule has 1 aromatic carbocycles. The molecule has 1 saturated heterocycles. The normalized spacial score (nSPS) is 17.9. The molecule has 0 bridgehead atoms. The second-order valence-corrected chi connectivity index (χ2v) is 4.67. The van der Waals surface area contributed by atoms with Crippen molar-refractivity contribution in [1.29, 1.82) is 0 Å². The molecule has 2 rings (SSSR count). The molecule has 1 aliphatic heterocycles. The summed E-state index contributed by atoms with van der Waals surface area (Å²) in [6, 6.07) is 2.83. The summed E-state index contributed by atoms with van der Waals surface area (Å²) in [6.07, 6.45) is -3.27. The first-order chi connectivity index (χ1) is 9.45. The zero-order valence-electron chi connectivity index (χ0n) is 11.3. The van der Waals surface area contributed by atoms with Crippen molar-refractivity contribution < 1.29 is 17.6 Å². The van der Waals surface area contributed by atoms with Gasteiger partial charge in [-0.15, -0.1) is 19.0 Å². The molecule has 0 spiro atoms. The number of alkyl halides is 3. The average molecular weight is 325 g/mol. The first-order valence-electron chi connectivity index (χ1n) is 6.38. The molecular formula is C14H17ClF4N2. The van der Waals surface area contributed by atoms with Gasteiger partial charge in [-0.2, -0.15) is 13.2 Å². The van der Waals surface area contributed by atoms with Gasteiger partial charge in [-0.3, -0.25) is 4.90 Å². The summed E-state index contributed by atoms with van der Waals surface area (Å²) in [6.45, 7) is 6.21. The smallest absolute Gasteiger partial charge is 0.314 e. The lowest BCUT2D eigenvalue weighted by Crippen LogP contribution is -2.45. The summed E-state index contributed by atoms with van der Waals surface area (Å²) in [7, 11) is 0. The van der Waals surface area contributed by atoms with Gasteiger partial charge in [0.1, 0.15) is 5.82 Å². The molecule has 1 heterocycles. The maximum atomic E-state index is 13.6. The SMILES string of the molecule is C=C[C@H](c1cccc(F)c1C(F)(F)F)N1CCNCC1.Cl. The summed E-state index contributed by atoms with van der Waals surface area (Å²) >= 11 is 0. The predicted molar refractivity (Wildman–Crippen MR) is 76.0 cm³/mol. The highest BCUT2D eigenvalue weighted by Crippen LogP contribution is 2.38. The molecule has 7 heteroatoms. The molecule has 1 fully saturated rings.